The first-order valence-electron chi connectivity index (χ1n) is 10.1. The second-order valence-electron chi connectivity index (χ2n) is 6.73. The van der Waals surface area contributed by atoms with Crippen LogP contribution in [0.4, 0.5) is 0 Å². The van der Waals surface area contributed by atoms with Crippen LogP contribution in [0.15, 0.2) is 46.9 Å². The molecule has 10 heteroatoms. The molecule has 0 saturated carbocycles. The molecular formula is C22H25BrClN3O4S. The number of carbonyl (C=O) groups excluding carboxylic acids is 2. The Morgan fingerprint density at radius 3 is 2.56 bits per heavy atom. The van der Waals surface area contributed by atoms with Gasteiger partial charge in [0, 0.05) is 4.47 Å². The predicted octanol–water partition coefficient (Wildman–Crippen LogP) is 4.78. The summed E-state index contributed by atoms with van der Waals surface area (Å²) >= 11 is 14.4. The Balaban J connectivity index is 1.82. The van der Waals surface area contributed by atoms with Crippen LogP contribution in [0.2, 0.25) is 5.02 Å². The second-order valence-corrected chi connectivity index (χ2v) is 8.46. The van der Waals surface area contributed by atoms with Crippen molar-refractivity contribution in [2.24, 2.45) is 0 Å². The summed E-state index contributed by atoms with van der Waals surface area (Å²) in [4.78, 5) is 24.6. The zero-order chi connectivity index (χ0) is 23.3. The fraction of sp³-hybridized carbons (Fsp3) is 0.318. The predicted molar refractivity (Wildman–Crippen MR) is 132 cm³/mol. The van der Waals surface area contributed by atoms with E-state index in [4.69, 9.17) is 33.3 Å². The van der Waals surface area contributed by atoms with Crippen LogP contribution in [0.25, 0.3) is 0 Å². The quantitative estimate of drug-likeness (QED) is 0.228. The van der Waals surface area contributed by atoms with Gasteiger partial charge in [-0.1, -0.05) is 65.8 Å². The Labute approximate surface area is 206 Å². The first-order valence-corrected chi connectivity index (χ1v) is 11.7. The van der Waals surface area contributed by atoms with Gasteiger partial charge in [0.05, 0.1) is 17.2 Å². The van der Waals surface area contributed by atoms with Crippen molar-refractivity contribution < 1.29 is 19.1 Å². The minimum absolute atomic E-state index is 0.0741. The lowest BCUT2D eigenvalue weighted by atomic mass is 10.2. The SMILES string of the molecule is CCCCCCOc1ccc(Br)cc1C(=O)NC(=S)NNC(=O)COc1ccccc1Cl. The summed E-state index contributed by atoms with van der Waals surface area (Å²) in [5.74, 6) is -0.117. The van der Waals surface area contributed by atoms with Crippen LogP contribution in [0.5, 0.6) is 11.5 Å². The van der Waals surface area contributed by atoms with Gasteiger partial charge in [-0.2, -0.15) is 0 Å². The third-order valence-electron chi connectivity index (χ3n) is 4.18. The molecule has 0 heterocycles. The van der Waals surface area contributed by atoms with E-state index in [1.165, 1.54) is 0 Å². The van der Waals surface area contributed by atoms with Gasteiger partial charge in [-0.15, -0.1) is 0 Å². The molecule has 0 atom stereocenters. The number of amides is 2. The summed E-state index contributed by atoms with van der Waals surface area (Å²) in [7, 11) is 0. The van der Waals surface area contributed by atoms with Gasteiger partial charge >= 0.3 is 0 Å². The number of carbonyl (C=O) groups is 2. The summed E-state index contributed by atoms with van der Waals surface area (Å²) in [6, 6.07) is 12.0. The van der Waals surface area contributed by atoms with Crippen LogP contribution in [0.1, 0.15) is 43.0 Å². The highest BCUT2D eigenvalue weighted by Gasteiger charge is 2.15. The average molecular weight is 543 g/mol. The number of hydrogen-bond acceptors (Lipinski definition) is 5. The van der Waals surface area contributed by atoms with E-state index in [1.54, 1.807) is 42.5 Å². The average Bonchev–Trinajstić information content (AvgIpc) is 2.77. The summed E-state index contributed by atoms with van der Waals surface area (Å²) in [6.45, 7) is 2.38. The van der Waals surface area contributed by atoms with E-state index in [0.717, 1.165) is 30.2 Å². The topological polar surface area (TPSA) is 88.7 Å². The molecule has 0 aromatic heterocycles. The van der Waals surface area contributed by atoms with Gasteiger partial charge in [-0.05, 0) is 49.0 Å². The largest absolute Gasteiger partial charge is 0.493 e. The number of para-hydroxylation sites is 1. The van der Waals surface area contributed by atoms with E-state index in [1.807, 2.05) is 0 Å². The first-order chi connectivity index (χ1) is 15.4. The minimum atomic E-state index is -0.500. The van der Waals surface area contributed by atoms with Gasteiger partial charge in [-0.3, -0.25) is 25.8 Å². The summed E-state index contributed by atoms with van der Waals surface area (Å²) in [5.41, 5.74) is 5.15. The molecule has 2 rings (SSSR count). The number of ether oxygens (including phenoxy) is 2. The zero-order valence-electron chi connectivity index (χ0n) is 17.6. The van der Waals surface area contributed by atoms with Crippen molar-refractivity contribution in [2.75, 3.05) is 13.2 Å². The van der Waals surface area contributed by atoms with Crippen molar-refractivity contribution in [3.63, 3.8) is 0 Å². The summed E-state index contributed by atoms with van der Waals surface area (Å²) in [5, 5.41) is 2.84. The number of rotatable bonds is 10. The van der Waals surface area contributed by atoms with E-state index >= 15 is 0 Å². The molecule has 2 amide bonds. The van der Waals surface area contributed by atoms with E-state index in [2.05, 4.69) is 39.0 Å². The highest BCUT2D eigenvalue weighted by molar-refractivity contribution is 9.10. The number of unbranched alkanes of at least 4 members (excludes halogenated alkanes) is 3. The fourth-order valence-electron chi connectivity index (χ4n) is 2.59. The number of hydrogen-bond donors (Lipinski definition) is 3. The summed E-state index contributed by atoms with van der Waals surface area (Å²) in [6.07, 6.45) is 4.26. The molecule has 0 spiro atoms. The van der Waals surface area contributed by atoms with Crippen LogP contribution in [0.3, 0.4) is 0 Å². The van der Waals surface area contributed by atoms with Crippen molar-refractivity contribution in [2.45, 2.75) is 32.6 Å². The van der Waals surface area contributed by atoms with Crippen molar-refractivity contribution in [3.05, 3.63) is 57.5 Å². The molecule has 2 aromatic rings. The molecule has 0 aliphatic rings. The standard InChI is InChI=1S/C22H25BrClN3O4S/c1-2-3-4-7-12-30-18-11-10-15(23)13-16(18)21(29)25-22(32)27-26-20(28)14-31-19-9-6-5-8-17(19)24/h5-6,8-11,13H,2-4,7,12,14H2,1H3,(H,26,28)(H2,25,27,29,32). The molecule has 0 fully saturated rings. The van der Waals surface area contributed by atoms with Gasteiger partial charge in [0.15, 0.2) is 11.7 Å². The van der Waals surface area contributed by atoms with E-state index in [0.29, 0.717) is 28.7 Å². The van der Waals surface area contributed by atoms with Gasteiger partial charge in [-0.25, -0.2) is 0 Å². The Morgan fingerprint density at radius 2 is 1.81 bits per heavy atom. The van der Waals surface area contributed by atoms with Gasteiger partial charge in [0.2, 0.25) is 0 Å². The van der Waals surface area contributed by atoms with Crippen LogP contribution in [-0.2, 0) is 4.79 Å². The highest BCUT2D eigenvalue weighted by atomic mass is 79.9. The second kappa shape index (κ2) is 13.9. The highest BCUT2D eigenvalue weighted by Crippen LogP contribution is 2.24. The number of halogens is 2. The number of nitrogens with one attached hydrogen (secondary N) is 3. The third-order valence-corrected chi connectivity index (χ3v) is 5.19. The normalized spacial score (nSPS) is 10.2. The van der Waals surface area contributed by atoms with Crippen LogP contribution >= 0.6 is 39.7 Å². The molecule has 0 radical (unpaired) electrons. The maximum Gasteiger partial charge on any atom is 0.276 e. The van der Waals surface area contributed by atoms with Gasteiger partial charge in [0.1, 0.15) is 11.5 Å². The first kappa shape index (κ1) is 25.9. The minimum Gasteiger partial charge on any atom is -0.493 e. The molecule has 172 valence electrons. The molecule has 32 heavy (non-hydrogen) atoms. The monoisotopic (exact) mass is 541 g/mol. The molecule has 0 aliphatic heterocycles. The van der Waals surface area contributed by atoms with E-state index < -0.39 is 11.8 Å². The maximum absolute atomic E-state index is 12.7. The zero-order valence-corrected chi connectivity index (χ0v) is 20.7. The Kier molecular flexibility index (Phi) is 11.3. The number of benzene rings is 2. The smallest absolute Gasteiger partial charge is 0.276 e. The van der Waals surface area contributed by atoms with Crippen molar-refractivity contribution in [1.82, 2.24) is 16.2 Å². The Hall–Kier alpha value is -2.36. The van der Waals surface area contributed by atoms with Crippen molar-refractivity contribution in [1.29, 1.82) is 0 Å². The van der Waals surface area contributed by atoms with Crippen molar-refractivity contribution in [3.8, 4) is 11.5 Å². The lowest BCUT2D eigenvalue weighted by Crippen LogP contribution is -2.49. The molecule has 0 bridgehead atoms. The molecule has 2 aromatic carbocycles. The van der Waals surface area contributed by atoms with Gasteiger partial charge in [0.25, 0.3) is 11.8 Å². The molecular weight excluding hydrogens is 518 g/mol. The van der Waals surface area contributed by atoms with Crippen LogP contribution in [0, 0.1) is 0 Å². The van der Waals surface area contributed by atoms with E-state index in [-0.39, 0.29) is 11.7 Å². The number of hydrazine groups is 1. The molecule has 3 N–H and O–H groups in total. The Morgan fingerprint density at radius 1 is 1.03 bits per heavy atom. The van der Waals surface area contributed by atoms with Crippen LogP contribution < -0.4 is 25.6 Å². The lowest BCUT2D eigenvalue weighted by molar-refractivity contribution is -0.123. The van der Waals surface area contributed by atoms with Crippen LogP contribution in [-0.4, -0.2) is 30.1 Å². The molecule has 0 aliphatic carbocycles. The Bertz CT molecular complexity index is 945. The third kappa shape index (κ3) is 9.02. The van der Waals surface area contributed by atoms with E-state index in [9.17, 15) is 9.59 Å². The molecule has 0 unspecified atom stereocenters. The summed E-state index contributed by atoms with van der Waals surface area (Å²) < 4.78 is 11.8. The molecule has 7 nitrogen and oxygen atoms in total. The maximum atomic E-state index is 12.7. The van der Waals surface area contributed by atoms with Crippen molar-refractivity contribution >= 4 is 56.7 Å². The number of thiocarbonyl (C=S) groups is 1. The molecule has 0 saturated heterocycles. The lowest BCUT2D eigenvalue weighted by Gasteiger charge is -2.14. The van der Waals surface area contributed by atoms with Gasteiger partial charge < -0.3 is 9.47 Å². The fourth-order valence-corrected chi connectivity index (χ4v) is 3.28.